The van der Waals surface area contributed by atoms with Crippen LogP contribution in [0, 0.1) is 6.92 Å². The van der Waals surface area contributed by atoms with Crippen molar-refractivity contribution < 1.29 is 22.7 Å². The van der Waals surface area contributed by atoms with E-state index in [2.05, 4.69) is 9.97 Å². The molecule has 0 spiro atoms. The van der Waals surface area contributed by atoms with Gasteiger partial charge >= 0.3 is 12.1 Å². The summed E-state index contributed by atoms with van der Waals surface area (Å²) >= 11 is 2.01. The van der Waals surface area contributed by atoms with Gasteiger partial charge in [-0.2, -0.15) is 13.2 Å². The zero-order chi connectivity index (χ0) is 17.0. The number of aryl methyl sites for hydroxylation is 1. The number of alkyl halides is 3. The molecule has 0 aromatic carbocycles. The van der Waals surface area contributed by atoms with Gasteiger partial charge in [0, 0.05) is 11.1 Å². The Morgan fingerprint density at radius 3 is 2.83 bits per heavy atom. The largest absolute Gasteiger partial charge is 0.466 e. The molecule has 2 heterocycles. The van der Waals surface area contributed by atoms with Crippen LogP contribution in [-0.4, -0.2) is 22.5 Å². The third kappa shape index (κ3) is 4.68. The summed E-state index contributed by atoms with van der Waals surface area (Å²) < 4.78 is 44.2. The minimum atomic E-state index is -4.48. The molecule has 2 aromatic rings. The van der Waals surface area contributed by atoms with Gasteiger partial charge < -0.3 is 4.74 Å². The molecule has 0 radical (unpaired) electrons. The number of aromatic nitrogens is 2. The van der Waals surface area contributed by atoms with Crippen molar-refractivity contribution in [3.05, 3.63) is 34.5 Å². The number of thiazole rings is 1. The number of hydrogen-bond donors (Lipinski definition) is 0. The predicted octanol–water partition coefficient (Wildman–Crippen LogP) is 4.12. The topological polar surface area (TPSA) is 52.1 Å². The monoisotopic (exact) mass is 362 g/mol. The molecule has 124 valence electrons. The Morgan fingerprint density at radius 1 is 1.43 bits per heavy atom. The summed E-state index contributed by atoms with van der Waals surface area (Å²) in [7, 11) is 0. The third-order valence-corrected chi connectivity index (χ3v) is 4.98. The van der Waals surface area contributed by atoms with Crippen molar-refractivity contribution in [1.29, 1.82) is 0 Å². The maximum atomic E-state index is 13.0. The number of halogens is 3. The summed E-state index contributed by atoms with van der Waals surface area (Å²) in [4.78, 5) is 20.2. The number of carbonyl (C=O) groups is 1. The van der Waals surface area contributed by atoms with Crippen molar-refractivity contribution in [3.8, 4) is 0 Å². The lowest BCUT2D eigenvalue weighted by atomic mass is 10.3. The lowest BCUT2D eigenvalue weighted by molar-refractivity contribution is -0.142. The molecule has 2 aromatic heterocycles. The first-order valence-electron chi connectivity index (χ1n) is 6.63. The minimum absolute atomic E-state index is 0.0618. The molecule has 0 atom stereocenters. The first-order chi connectivity index (χ1) is 10.8. The van der Waals surface area contributed by atoms with Crippen molar-refractivity contribution in [1.82, 2.24) is 9.97 Å². The quantitative estimate of drug-likeness (QED) is 0.749. The van der Waals surface area contributed by atoms with Crippen LogP contribution in [0.15, 0.2) is 27.7 Å². The van der Waals surface area contributed by atoms with E-state index < -0.39 is 11.7 Å². The number of carbonyl (C=O) groups excluding carboxylic acids is 1. The van der Waals surface area contributed by atoms with Gasteiger partial charge in [0.1, 0.15) is 5.03 Å². The predicted molar refractivity (Wildman–Crippen MR) is 80.6 cm³/mol. The molecule has 23 heavy (non-hydrogen) atoms. The molecule has 0 aliphatic carbocycles. The van der Waals surface area contributed by atoms with E-state index in [0.717, 1.165) is 17.8 Å². The van der Waals surface area contributed by atoms with Gasteiger partial charge in [-0.05, 0) is 37.7 Å². The van der Waals surface area contributed by atoms with Crippen LogP contribution in [0.2, 0.25) is 0 Å². The van der Waals surface area contributed by atoms with Gasteiger partial charge in [0.05, 0.1) is 24.3 Å². The molecule has 0 saturated heterocycles. The maximum absolute atomic E-state index is 13.0. The number of rotatable bonds is 5. The van der Waals surface area contributed by atoms with Crippen LogP contribution in [0.5, 0.6) is 0 Å². The fraction of sp³-hybridized carbons (Fsp3) is 0.357. The lowest BCUT2D eigenvalue weighted by Crippen LogP contribution is -2.07. The maximum Gasteiger partial charge on any atom is 0.419 e. The van der Waals surface area contributed by atoms with Gasteiger partial charge in [-0.3, -0.25) is 4.79 Å². The van der Waals surface area contributed by atoms with Gasteiger partial charge in [-0.25, -0.2) is 9.97 Å². The molecule has 0 N–H and O–H groups in total. The summed E-state index contributed by atoms with van der Waals surface area (Å²) in [6.07, 6.45) is -3.11. The van der Waals surface area contributed by atoms with E-state index in [1.165, 1.54) is 23.6 Å². The highest BCUT2D eigenvalue weighted by molar-refractivity contribution is 8.01. The first kappa shape index (κ1) is 17.7. The van der Waals surface area contributed by atoms with Crippen molar-refractivity contribution in [2.45, 2.75) is 35.8 Å². The molecule has 0 amide bonds. The second-order valence-electron chi connectivity index (χ2n) is 4.43. The van der Waals surface area contributed by atoms with Gasteiger partial charge in [0.15, 0.2) is 4.34 Å². The van der Waals surface area contributed by atoms with E-state index in [1.807, 2.05) is 0 Å². The van der Waals surface area contributed by atoms with Crippen molar-refractivity contribution in [3.63, 3.8) is 0 Å². The highest BCUT2D eigenvalue weighted by Crippen LogP contribution is 2.39. The molecule has 4 nitrogen and oxygen atoms in total. The van der Waals surface area contributed by atoms with Gasteiger partial charge in [0.25, 0.3) is 0 Å². The van der Waals surface area contributed by atoms with Crippen LogP contribution in [0.3, 0.4) is 0 Å². The van der Waals surface area contributed by atoms with E-state index in [9.17, 15) is 18.0 Å². The molecule has 0 saturated carbocycles. The average Bonchev–Trinajstić information content (AvgIpc) is 2.78. The third-order valence-electron chi connectivity index (χ3n) is 2.74. The highest BCUT2D eigenvalue weighted by atomic mass is 32.2. The molecule has 9 heteroatoms. The van der Waals surface area contributed by atoms with Gasteiger partial charge in [0.2, 0.25) is 0 Å². The van der Waals surface area contributed by atoms with Crippen LogP contribution < -0.4 is 0 Å². The van der Waals surface area contributed by atoms with E-state index in [1.54, 1.807) is 13.8 Å². The number of ether oxygens (including phenoxy) is 1. The van der Waals surface area contributed by atoms with E-state index in [4.69, 9.17) is 4.74 Å². The lowest BCUT2D eigenvalue weighted by Gasteiger charge is -2.09. The average molecular weight is 362 g/mol. The summed E-state index contributed by atoms with van der Waals surface area (Å²) in [5.41, 5.74) is -0.195. The highest BCUT2D eigenvalue weighted by Gasteiger charge is 2.34. The summed E-state index contributed by atoms with van der Waals surface area (Å²) in [5, 5.41) is -0.156. The molecule has 0 fully saturated rings. The Labute approximate surface area is 139 Å². The zero-order valence-corrected chi connectivity index (χ0v) is 13.9. The van der Waals surface area contributed by atoms with Crippen molar-refractivity contribution in [2.75, 3.05) is 6.61 Å². The van der Waals surface area contributed by atoms with Crippen LogP contribution in [0.1, 0.15) is 23.1 Å². The Morgan fingerprint density at radius 2 is 2.17 bits per heavy atom. The fourth-order valence-electron chi connectivity index (χ4n) is 1.72. The second kappa shape index (κ2) is 7.31. The Hall–Kier alpha value is -1.61. The molecule has 0 aliphatic heterocycles. The smallest absolute Gasteiger partial charge is 0.419 e. The number of esters is 1. The Balaban J connectivity index is 2.21. The molecular weight excluding hydrogens is 349 g/mol. The minimum Gasteiger partial charge on any atom is -0.466 e. The summed E-state index contributed by atoms with van der Waals surface area (Å²) in [6, 6.07) is 2.22. The van der Waals surface area contributed by atoms with Crippen LogP contribution in [0.25, 0.3) is 0 Å². The second-order valence-corrected chi connectivity index (χ2v) is 6.75. The Bertz CT molecular complexity index is 702. The van der Waals surface area contributed by atoms with Gasteiger partial charge in [-0.15, -0.1) is 11.3 Å². The molecular formula is C14H13F3N2O2S2. The molecule has 0 unspecified atom stereocenters. The van der Waals surface area contributed by atoms with Crippen LogP contribution in [0.4, 0.5) is 13.2 Å². The van der Waals surface area contributed by atoms with Crippen LogP contribution in [-0.2, 0) is 22.1 Å². The van der Waals surface area contributed by atoms with Crippen molar-refractivity contribution >= 4 is 29.1 Å². The van der Waals surface area contributed by atoms with Crippen molar-refractivity contribution in [2.24, 2.45) is 0 Å². The van der Waals surface area contributed by atoms with Crippen LogP contribution >= 0.6 is 23.1 Å². The summed E-state index contributed by atoms with van der Waals surface area (Å²) in [5.74, 6) is -0.385. The first-order valence-corrected chi connectivity index (χ1v) is 8.26. The number of pyridine rings is 1. The number of nitrogens with zero attached hydrogens (tertiary/aromatic N) is 2. The molecule has 0 bridgehead atoms. The summed E-state index contributed by atoms with van der Waals surface area (Å²) in [6.45, 7) is 3.69. The van der Waals surface area contributed by atoms with Gasteiger partial charge in [-0.1, -0.05) is 0 Å². The Kier molecular flexibility index (Phi) is 5.64. The fourth-order valence-corrected chi connectivity index (χ4v) is 3.96. The standard InChI is InChI=1S/C14H13F3N2O2S2/c1-3-21-11(20)7-10-8(2)19-13(22-10)23-12-9(14(15,16)17)5-4-6-18-12/h4-6H,3,7H2,1-2H3. The molecule has 2 rings (SSSR count). The van der Waals surface area contributed by atoms with E-state index in [0.29, 0.717) is 14.9 Å². The van der Waals surface area contributed by atoms with E-state index in [-0.39, 0.29) is 24.0 Å². The SMILES string of the molecule is CCOC(=O)Cc1sc(Sc2ncccc2C(F)(F)F)nc1C. The normalized spacial score (nSPS) is 11.5. The molecule has 0 aliphatic rings. The number of hydrogen-bond acceptors (Lipinski definition) is 6. The zero-order valence-electron chi connectivity index (χ0n) is 12.3. The van der Waals surface area contributed by atoms with E-state index >= 15 is 0 Å².